The van der Waals surface area contributed by atoms with Crippen molar-refractivity contribution in [3.05, 3.63) is 59.2 Å². The Morgan fingerprint density at radius 2 is 1.92 bits per heavy atom. The zero-order chi connectivity index (χ0) is 26.3. The number of carbonyl (C=O) groups is 1. The molecule has 0 amide bonds. The van der Waals surface area contributed by atoms with Crippen molar-refractivity contribution >= 4 is 21.5 Å². The minimum absolute atomic E-state index is 0.0134. The lowest BCUT2D eigenvalue weighted by atomic mass is 9.89. The van der Waals surface area contributed by atoms with Crippen LogP contribution in [0.25, 0.3) is 0 Å². The number of alkyl halides is 2. The predicted octanol–water partition coefficient (Wildman–Crippen LogP) is 2.71. The van der Waals surface area contributed by atoms with Crippen LogP contribution in [0, 0.1) is 5.82 Å². The van der Waals surface area contributed by atoms with Gasteiger partial charge in [-0.15, -0.1) is 0 Å². The number of hydrogen-bond acceptors (Lipinski definition) is 8. The van der Waals surface area contributed by atoms with Gasteiger partial charge in [-0.05, 0) is 69.7 Å². The summed E-state index contributed by atoms with van der Waals surface area (Å²) in [7, 11) is -1.87. The highest BCUT2D eigenvalue weighted by molar-refractivity contribution is 7.93. The lowest BCUT2D eigenvalue weighted by Crippen LogP contribution is -2.62. The molecule has 0 saturated carbocycles. The summed E-state index contributed by atoms with van der Waals surface area (Å²) >= 11 is 0. The Balaban J connectivity index is 1.61. The molecule has 4 rings (SSSR count). The Bertz CT molecular complexity index is 1290. The van der Waals surface area contributed by atoms with E-state index in [4.69, 9.17) is 5.73 Å². The molecule has 1 aromatic carbocycles. The molecule has 2 aliphatic heterocycles. The maximum absolute atomic E-state index is 15.0. The highest BCUT2D eigenvalue weighted by Gasteiger charge is 2.55. The van der Waals surface area contributed by atoms with Gasteiger partial charge in [0.05, 0.1) is 11.9 Å². The van der Waals surface area contributed by atoms with Gasteiger partial charge in [-0.2, -0.15) is 8.78 Å². The Morgan fingerprint density at radius 1 is 1.22 bits per heavy atom. The summed E-state index contributed by atoms with van der Waals surface area (Å²) in [6.07, 6.45) is 1.48. The number of carbonyl (C=O) groups excluding carboxylic acids is 1. The normalized spacial score (nSPS) is 23.4. The molecule has 2 aliphatic rings. The second-order valence-electron chi connectivity index (χ2n) is 9.50. The molecule has 12 heteroatoms. The molecule has 1 spiro atoms. The van der Waals surface area contributed by atoms with Gasteiger partial charge in [0.2, 0.25) is 0 Å². The van der Waals surface area contributed by atoms with Crippen LogP contribution >= 0.6 is 0 Å². The fraction of sp³-hybridized carbons (Fsp3) is 0.458. The highest BCUT2D eigenvalue weighted by atomic mass is 32.2. The summed E-state index contributed by atoms with van der Waals surface area (Å²) < 4.78 is 69.6. The quantitative estimate of drug-likeness (QED) is 0.578. The summed E-state index contributed by atoms with van der Waals surface area (Å²) in [4.78, 5) is 23.1. The Kier molecular flexibility index (Phi) is 6.86. The lowest BCUT2D eigenvalue weighted by Gasteiger charge is -2.45. The first-order valence-corrected chi connectivity index (χ1v) is 13.0. The number of likely N-dealkylation sites (tertiary alicyclic amines) is 1. The first-order valence-electron chi connectivity index (χ1n) is 11.3. The minimum atomic E-state index is -3.77. The number of hydrogen-bond donors (Lipinski definition) is 1. The van der Waals surface area contributed by atoms with Crippen LogP contribution in [0.2, 0.25) is 0 Å². The summed E-state index contributed by atoms with van der Waals surface area (Å²) in [5, 5.41) is 0. The SMILES string of the molecule is CN1CCC2(CC1)C(N)=N[C@](C)(c1cc(CC(=O)c3ccc(OC(F)F)cn3)ccc1F)CS2(=O)=O. The molecule has 2 N–H and O–H groups in total. The van der Waals surface area contributed by atoms with Crippen molar-refractivity contribution in [1.29, 1.82) is 0 Å². The van der Waals surface area contributed by atoms with Crippen LogP contribution in [0.3, 0.4) is 0 Å². The third-order valence-corrected chi connectivity index (χ3v) is 9.67. The number of nitrogens with zero attached hydrogens (tertiary/aromatic N) is 3. The zero-order valence-electron chi connectivity index (χ0n) is 19.9. The van der Waals surface area contributed by atoms with Crippen LogP contribution in [0.5, 0.6) is 5.75 Å². The van der Waals surface area contributed by atoms with E-state index in [-0.39, 0.29) is 29.3 Å². The number of ketones is 1. The van der Waals surface area contributed by atoms with E-state index in [0.29, 0.717) is 31.5 Å². The van der Waals surface area contributed by atoms with E-state index in [0.717, 1.165) is 12.3 Å². The third-order valence-electron chi connectivity index (χ3n) is 6.92. The van der Waals surface area contributed by atoms with Crippen molar-refractivity contribution in [3.8, 4) is 5.75 Å². The molecule has 194 valence electrons. The summed E-state index contributed by atoms with van der Waals surface area (Å²) in [6.45, 7) is -0.378. The molecule has 2 aromatic rings. The maximum Gasteiger partial charge on any atom is 0.387 e. The number of benzene rings is 1. The number of piperidine rings is 1. The van der Waals surface area contributed by atoms with Crippen LogP contribution in [0.1, 0.15) is 41.4 Å². The number of amidine groups is 1. The highest BCUT2D eigenvalue weighted by Crippen LogP contribution is 2.42. The summed E-state index contributed by atoms with van der Waals surface area (Å²) in [5.74, 6) is -1.71. The molecule has 0 bridgehead atoms. The van der Waals surface area contributed by atoms with Gasteiger partial charge in [-0.25, -0.2) is 17.8 Å². The van der Waals surface area contributed by atoms with Crippen molar-refractivity contribution in [1.82, 2.24) is 9.88 Å². The number of halogens is 3. The van der Waals surface area contributed by atoms with E-state index in [2.05, 4.69) is 14.7 Å². The van der Waals surface area contributed by atoms with Crippen LogP contribution in [-0.2, 0) is 21.8 Å². The van der Waals surface area contributed by atoms with Crippen molar-refractivity contribution < 1.29 is 31.1 Å². The Morgan fingerprint density at radius 3 is 2.50 bits per heavy atom. The molecule has 3 heterocycles. The van der Waals surface area contributed by atoms with Gasteiger partial charge in [0.25, 0.3) is 0 Å². The topological polar surface area (TPSA) is 115 Å². The average Bonchev–Trinajstić information content (AvgIpc) is 2.79. The second kappa shape index (κ2) is 9.47. The molecule has 1 fully saturated rings. The van der Waals surface area contributed by atoms with E-state index >= 15 is 0 Å². The van der Waals surface area contributed by atoms with Gasteiger partial charge >= 0.3 is 6.61 Å². The summed E-state index contributed by atoms with van der Waals surface area (Å²) in [6, 6.07) is 6.45. The average molecular weight is 525 g/mol. The first-order chi connectivity index (χ1) is 16.8. The molecule has 1 aromatic heterocycles. The fourth-order valence-corrected chi connectivity index (χ4v) is 7.25. The number of sulfone groups is 1. The van der Waals surface area contributed by atoms with Crippen LogP contribution in [0.15, 0.2) is 41.5 Å². The van der Waals surface area contributed by atoms with E-state index in [1.807, 2.05) is 11.9 Å². The molecule has 1 saturated heterocycles. The lowest BCUT2D eigenvalue weighted by molar-refractivity contribution is -0.0500. The van der Waals surface area contributed by atoms with Gasteiger partial charge in [-0.1, -0.05) is 6.07 Å². The molecule has 0 aliphatic carbocycles. The smallest absolute Gasteiger partial charge is 0.387 e. The van der Waals surface area contributed by atoms with Crippen molar-refractivity contribution in [2.45, 2.75) is 43.1 Å². The number of aliphatic imine (C=N–C) groups is 1. The maximum atomic E-state index is 15.0. The van der Waals surface area contributed by atoms with E-state index in [9.17, 15) is 26.4 Å². The van der Waals surface area contributed by atoms with Crippen molar-refractivity contribution in [2.75, 3.05) is 25.9 Å². The zero-order valence-corrected chi connectivity index (χ0v) is 20.7. The molecule has 0 radical (unpaired) electrons. The second-order valence-corrected chi connectivity index (χ2v) is 11.8. The largest absolute Gasteiger partial charge is 0.433 e. The number of aromatic nitrogens is 1. The van der Waals surface area contributed by atoms with Crippen LogP contribution < -0.4 is 10.5 Å². The molecule has 1 atom stereocenters. The number of Topliss-reactive ketones (excluding diaryl/α,β-unsaturated/α-hetero) is 1. The van der Waals surface area contributed by atoms with Gasteiger partial charge in [0, 0.05) is 12.0 Å². The van der Waals surface area contributed by atoms with Crippen molar-refractivity contribution in [2.24, 2.45) is 10.7 Å². The Labute approximate surface area is 207 Å². The molecular formula is C24H27F3N4O4S. The van der Waals surface area contributed by atoms with Gasteiger partial charge in [0.15, 0.2) is 15.6 Å². The monoisotopic (exact) mass is 524 g/mol. The molecular weight excluding hydrogens is 497 g/mol. The predicted molar refractivity (Wildman–Crippen MR) is 128 cm³/mol. The molecule has 36 heavy (non-hydrogen) atoms. The van der Waals surface area contributed by atoms with E-state index in [1.165, 1.54) is 31.2 Å². The minimum Gasteiger partial charge on any atom is -0.433 e. The first kappa shape index (κ1) is 26.1. The standard InChI is InChI=1S/C24H27F3N4O4S/c1-23(14-36(33,34)24(21(28)30-23)7-9-31(2)10-8-24)17-11-15(3-5-18(17)25)12-20(32)19-6-4-16(13-29-19)35-22(26)27/h3-6,11,13,22H,7-10,12,14H2,1-2H3,(H2,28,30)/t23-/m0/s1. The van der Waals surface area contributed by atoms with E-state index in [1.54, 1.807) is 0 Å². The third kappa shape index (κ3) is 4.83. The van der Waals surface area contributed by atoms with Gasteiger partial charge in [-0.3, -0.25) is 9.79 Å². The van der Waals surface area contributed by atoms with Gasteiger partial charge < -0.3 is 15.4 Å². The number of rotatable bonds is 6. The molecule has 8 nitrogen and oxygen atoms in total. The Hall–Kier alpha value is -2.99. The van der Waals surface area contributed by atoms with Gasteiger partial charge in [0.1, 0.15) is 33.4 Å². The molecule has 0 unspecified atom stereocenters. The van der Waals surface area contributed by atoms with Crippen molar-refractivity contribution in [3.63, 3.8) is 0 Å². The number of pyridine rings is 1. The number of ether oxygens (including phenoxy) is 1. The number of nitrogens with two attached hydrogens (primary N) is 1. The van der Waals surface area contributed by atoms with E-state index < -0.39 is 44.1 Å². The van der Waals surface area contributed by atoms with Crippen LogP contribution in [-0.4, -0.2) is 67.2 Å². The van der Waals surface area contributed by atoms with Crippen LogP contribution in [0.4, 0.5) is 13.2 Å². The fourth-order valence-electron chi connectivity index (χ4n) is 4.84. The summed E-state index contributed by atoms with van der Waals surface area (Å²) in [5.41, 5.74) is 5.26.